The molecule has 1 atom stereocenters. The maximum absolute atomic E-state index is 13.2. The van der Waals surface area contributed by atoms with Gasteiger partial charge in [-0.25, -0.2) is 9.37 Å². The van der Waals surface area contributed by atoms with Crippen LogP contribution in [0.3, 0.4) is 0 Å². The van der Waals surface area contributed by atoms with Crippen LogP contribution in [0.1, 0.15) is 27.9 Å². The molecule has 4 rings (SSSR count). The Labute approximate surface area is 183 Å². The first-order valence-electron chi connectivity index (χ1n) is 9.73. The molecule has 3 aromatic rings. The fourth-order valence-electron chi connectivity index (χ4n) is 3.65. The van der Waals surface area contributed by atoms with Crippen molar-refractivity contribution in [1.82, 2.24) is 14.8 Å². The zero-order valence-electron chi connectivity index (χ0n) is 17.2. The highest BCUT2D eigenvalue weighted by atomic mass is 32.1. The Balaban J connectivity index is 1.58. The topological polar surface area (TPSA) is 72.6 Å². The van der Waals surface area contributed by atoms with Gasteiger partial charge in [-0.1, -0.05) is 6.58 Å². The van der Waals surface area contributed by atoms with Gasteiger partial charge >= 0.3 is 0 Å². The Morgan fingerprint density at radius 1 is 1.29 bits per heavy atom. The molecule has 1 saturated heterocycles. The van der Waals surface area contributed by atoms with Gasteiger partial charge in [-0.05, 0) is 49.4 Å². The number of benzene rings is 2. The van der Waals surface area contributed by atoms with Gasteiger partial charge in [0.1, 0.15) is 5.82 Å². The first-order chi connectivity index (χ1) is 14.9. The van der Waals surface area contributed by atoms with Crippen LogP contribution in [0.15, 0.2) is 59.7 Å². The van der Waals surface area contributed by atoms with Gasteiger partial charge in [-0.15, -0.1) is 11.3 Å². The summed E-state index contributed by atoms with van der Waals surface area (Å²) in [6.07, 6.45) is 0. The fraction of sp³-hybridized carbons (Fsp3) is 0.217. The van der Waals surface area contributed by atoms with Gasteiger partial charge in [0.2, 0.25) is 0 Å². The molecule has 0 bridgehead atoms. The molecule has 6 nitrogen and oxygen atoms in total. The number of carbonyl (C=O) groups is 1. The molecule has 31 heavy (non-hydrogen) atoms. The first-order valence-corrected chi connectivity index (χ1v) is 10.5. The van der Waals surface area contributed by atoms with Crippen molar-refractivity contribution in [3.63, 3.8) is 0 Å². The van der Waals surface area contributed by atoms with Gasteiger partial charge in [0, 0.05) is 31.4 Å². The summed E-state index contributed by atoms with van der Waals surface area (Å²) >= 11 is 1.47. The molecule has 2 aromatic carbocycles. The number of thiazole rings is 1. The van der Waals surface area contributed by atoms with Crippen LogP contribution in [0.4, 0.5) is 4.39 Å². The number of nitriles is 1. The van der Waals surface area contributed by atoms with Crippen molar-refractivity contribution >= 4 is 33.3 Å². The van der Waals surface area contributed by atoms with Crippen LogP contribution < -0.4 is 0 Å². The van der Waals surface area contributed by atoms with Crippen molar-refractivity contribution in [1.29, 1.82) is 5.26 Å². The second-order valence-electron chi connectivity index (χ2n) is 7.18. The molecule has 0 N–H and O–H groups in total. The molecular weight excluding hydrogens is 413 g/mol. The van der Waals surface area contributed by atoms with E-state index < -0.39 is 0 Å². The average molecular weight is 434 g/mol. The highest BCUT2D eigenvalue weighted by molar-refractivity contribution is 7.20. The minimum atomic E-state index is -0.375. The quantitative estimate of drug-likeness (QED) is 0.452. The largest absolute Gasteiger partial charge is 0.329 e. The van der Waals surface area contributed by atoms with Gasteiger partial charge in [-0.2, -0.15) is 5.26 Å². The average Bonchev–Trinajstić information content (AvgIpc) is 3.20. The maximum atomic E-state index is 13.2. The first kappa shape index (κ1) is 20.7. The minimum absolute atomic E-state index is 0.160. The van der Waals surface area contributed by atoms with E-state index in [2.05, 4.69) is 22.6 Å². The molecule has 0 saturated carbocycles. The lowest BCUT2D eigenvalue weighted by atomic mass is 10.1. The molecule has 1 aliphatic heterocycles. The fourth-order valence-corrected chi connectivity index (χ4v) is 4.70. The van der Waals surface area contributed by atoms with Crippen LogP contribution in [-0.4, -0.2) is 52.7 Å². The van der Waals surface area contributed by atoms with E-state index in [9.17, 15) is 9.18 Å². The molecule has 156 valence electrons. The Kier molecular flexibility index (Phi) is 5.53. The number of aliphatic imine (C=N–C) groups is 1. The second-order valence-corrected chi connectivity index (χ2v) is 8.22. The summed E-state index contributed by atoms with van der Waals surface area (Å²) < 4.78 is 14.1. The molecule has 2 heterocycles. The van der Waals surface area contributed by atoms with Crippen LogP contribution in [0, 0.1) is 17.1 Å². The summed E-state index contributed by atoms with van der Waals surface area (Å²) in [5, 5.41) is 9.87. The summed E-state index contributed by atoms with van der Waals surface area (Å²) in [5.41, 5.74) is 2.57. The summed E-state index contributed by atoms with van der Waals surface area (Å²) in [6, 6.07) is 12.8. The predicted octanol–water partition coefficient (Wildman–Crippen LogP) is 4.04. The smallest absolute Gasteiger partial charge is 0.254 e. The zero-order valence-corrected chi connectivity index (χ0v) is 18.0. The van der Waals surface area contributed by atoms with E-state index in [-0.39, 0.29) is 17.8 Å². The molecular formula is C23H20FN5OS. The van der Waals surface area contributed by atoms with Gasteiger partial charge in [-0.3, -0.25) is 9.79 Å². The van der Waals surface area contributed by atoms with Gasteiger partial charge in [0.15, 0.2) is 10.8 Å². The number of amidine groups is 1. The lowest BCUT2D eigenvalue weighted by Crippen LogP contribution is -2.53. The van der Waals surface area contributed by atoms with E-state index >= 15 is 0 Å². The van der Waals surface area contributed by atoms with Crippen molar-refractivity contribution in [3.05, 3.63) is 76.7 Å². The van der Waals surface area contributed by atoms with E-state index in [1.54, 1.807) is 18.0 Å². The third-order valence-corrected chi connectivity index (χ3v) is 6.40. The van der Waals surface area contributed by atoms with Gasteiger partial charge in [0.05, 0.1) is 27.9 Å². The second kappa shape index (κ2) is 8.28. The van der Waals surface area contributed by atoms with Crippen LogP contribution in [0.2, 0.25) is 0 Å². The SMILES string of the molecule is C=C1[C@@H](C)N(C(=O)c2ccc(F)cc2)CCN1C(=NC)c1nc2ccc(C#N)cc2s1. The molecule has 0 spiro atoms. The Bertz CT molecular complexity index is 1240. The van der Waals surface area contributed by atoms with Crippen LogP contribution in [-0.2, 0) is 0 Å². The van der Waals surface area contributed by atoms with Crippen molar-refractivity contribution in [2.24, 2.45) is 4.99 Å². The van der Waals surface area contributed by atoms with Crippen molar-refractivity contribution in [2.75, 3.05) is 20.1 Å². The number of rotatable bonds is 2. The zero-order chi connectivity index (χ0) is 22.1. The predicted molar refractivity (Wildman–Crippen MR) is 120 cm³/mol. The standard InChI is InChI=1S/C23H20FN5OS/c1-14-15(2)29(23(30)17-5-7-18(24)8-6-17)11-10-28(14)21(26-3)22-27-19-9-4-16(13-25)12-20(19)31-22/h4-9,12,15H,1,10-11H2,2-3H3/t15-/m1/s1. The van der Waals surface area contributed by atoms with Crippen LogP contribution in [0.25, 0.3) is 10.2 Å². The number of halogens is 1. The van der Waals surface area contributed by atoms with Crippen LogP contribution in [0.5, 0.6) is 0 Å². The number of piperazine rings is 1. The maximum Gasteiger partial charge on any atom is 0.254 e. The summed E-state index contributed by atoms with van der Waals surface area (Å²) in [6.45, 7) is 7.12. The number of fused-ring (bicyclic) bond motifs is 1. The van der Waals surface area contributed by atoms with E-state index in [0.717, 1.165) is 20.9 Å². The molecule has 1 amide bonds. The van der Waals surface area contributed by atoms with Crippen molar-refractivity contribution < 1.29 is 9.18 Å². The van der Waals surface area contributed by atoms with Crippen molar-refractivity contribution in [2.45, 2.75) is 13.0 Å². The molecule has 1 aliphatic rings. The normalized spacial score (nSPS) is 17.2. The lowest BCUT2D eigenvalue weighted by Gasteiger charge is -2.42. The van der Waals surface area contributed by atoms with E-state index in [4.69, 9.17) is 5.26 Å². The lowest BCUT2D eigenvalue weighted by molar-refractivity contribution is 0.0649. The molecule has 1 fully saturated rings. The van der Waals surface area contributed by atoms with E-state index in [1.807, 2.05) is 24.0 Å². The molecule has 0 unspecified atom stereocenters. The molecule has 8 heteroatoms. The number of aromatic nitrogens is 1. The number of nitrogens with zero attached hydrogens (tertiary/aromatic N) is 5. The summed E-state index contributed by atoms with van der Waals surface area (Å²) in [7, 11) is 1.70. The minimum Gasteiger partial charge on any atom is -0.329 e. The third-order valence-electron chi connectivity index (χ3n) is 5.39. The monoisotopic (exact) mass is 433 g/mol. The Morgan fingerprint density at radius 3 is 2.71 bits per heavy atom. The van der Waals surface area contributed by atoms with Gasteiger partial charge in [0.25, 0.3) is 5.91 Å². The highest BCUT2D eigenvalue weighted by Crippen LogP contribution is 2.28. The third kappa shape index (κ3) is 3.80. The Morgan fingerprint density at radius 2 is 2.03 bits per heavy atom. The van der Waals surface area contributed by atoms with Crippen LogP contribution >= 0.6 is 11.3 Å². The molecule has 0 radical (unpaired) electrons. The van der Waals surface area contributed by atoms with Gasteiger partial charge < -0.3 is 9.80 Å². The molecule has 1 aromatic heterocycles. The van der Waals surface area contributed by atoms with E-state index in [0.29, 0.717) is 30.1 Å². The summed E-state index contributed by atoms with van der Waals surface area (Å²) in [5.74, 6) is 0.151. The number of hydrogen-bond donors (Lipinski definition) is 0. The van der Waals surface area contributed by atoms with E-state index in [1.165, 1.54) is 35.6 Å². The summed E-state index contributed by atoms with van der Waals surface area (Å²) in [4.78, 5) is 25.8. The number of carbonyl (C=O) groups excluding carboxylic acids is 1. The Hall–Kier alpha value is -3.57. The number of hydrogen-bond acceptors (Lipinski definition) is 5. The number of amides is 1. The highest BCUT2D eigenvalue weighted by Gasteiger charge is 2.33. The molecule has 0 aliphatic carbocycles. The van der Waals surface area contributed by atoms with Crippen molar-refractivity contribution in [3.8, 4) is 6.07 Å².